The highest BCUT2D eigenvalue weighted by molar-refractivity contribution is 7.03. The summed E-state index contributed by atoms with van der Waals surface area (Å²) < 4.78 is 2.97. The lowest BCUT2D eigenvalue weighted by Crippen LogP contribution is -2.30. The van der Waals surface area contributed by atoms with Gasteiger partial charge in [-0.15, -0.1) is 0 Å². The first-order chi connectivity index (χ1) is 10.3. The van der Waals surface area contributed by atoms with Gasteiger partial charge in [-0.1, -0.05) is 17.7 Å². The number of urea groups is 1. The van der Waals surface area contributed by atoms with Crippen molar-refractivity contribution >= 4 is 17.6 Å². The molecule has 0 fully saturated rings. The van der Waals surface area contributed by atoms with Gasteiger partial charge in [0.25, 0.3) is 0 Å². The Bertz CT molecular complexity index is 819. The molecule has 22 heavy (non-hydrogen) atoms. The van der Waals surface area contributed by atoms with Crippen LogP contribution >= 0.6 is 11.5 Å². The summed E-state index contributed by atoms with van der Waals surface area (Å²) in [5, 5.41) is 2.62. The molecular formula is C15H20N4O2S. The average Bonchev–Trinajstić information content (AvgIpc) is 2.65. The van der Waals surface area contributed by atoms with E-state index in [-0.39, 0.29) is 5.69 Å². The van der Waals surface area contributed by atoms with Crippen molar-refractivity contribution in [1.29, 1.82) is 0 Å². The summed E-state index contributed by atoms with van der Waals surface area (Å²) in [7, 11) is 1.67. The van der Waals surface area contributed by atoms with Crippen molar-refractivity contribution in [2.24, 2.45) is 12.0 Å². The van der Waals surface area contributed by atoms with E-state index >= 15 is 0 Å². The number of carbonyl (C=O) groups excluding carboxylic acids is 1. The van der Waals surface area contributed by atoms with Crippen LogP contribution < -0.4 is 15.8 Å². The lowest BCUT2D eigenvalue weighted by atomic mass is 10.1. The molecule has 6 nitrogen and oxygen atoms in total. The highest BCUT2D eigenvalue weighted by atomic mass is 32.1. The topological polar surface area (TPSA) is 68.4 Å². The molecule has 0 atom stereocenters. The van der Waals surface area contributed by atoms with Gasteiger partial charge < -0.3 is 5.32 Å². The maximum Gasteiger partial charge on any atom is 0.344 e. The van der Waals surface area contributed by atoms with E-state index in [2.05, 4.69) is 10.3 Å². The molecule has 0 unspecified atom stereocenters. The second kappa shape index (κ2) is 6.31. The monoisotopic (exact) mass is 320 g/mol. The second-order valence-corrected chi connectivity index (χ2v) is 6.28. The normalized spacial score (nSPS) is 11.8. The molecule has 1 aromatic carbocycles. The number of hydrogen-bond acceptors (Lipinski definition) is 3. The Balaban J connectivity index is 2.77. The summed E-state index contributed by atoms with van der Waals surface area (Å²) in [6.07, 6.45) is 0. The molecule has 2 rings (SSSR count). The summed E-state index contributed by atoms with van der Waals surface area (Å²) >= 11 is 1.15. The smallest absolute Gasteiger partial charge is 0.336 e. The van der Waals surface area contributed by atoms with Crippen LogP contribution in [0, 0.1) is 20.8 Å². The molecule has 0 aliphatic rings. The zero-order chi connectivity index (χ0) is 16.4. The zero-order valence-electron chi connectivity index (χ0n) is 13.4. The van der Waals surface area contributed by atoms with Gasteiger partial charge in [0.05, 0.1) is 5.69 Å². The van der Waals surface area contributed by atoms with Crippen LogP contribution in [0.25, 0.3) is 5.69 Å². The van der Waals surface area contributed by atoms with Gasteiger partial charge in [-0.2, -0.15) is 4.99 Å². The quantitative estimate of drug-likeness (QED) is 0.916. The van der Waals surface area contributed by atoms with Gasteiger partial charge in [0, 0.05) is 13.6 Å². The third-order valence-corrected chi connectivity index (χ3v) is 4.12. The number of hydrogen-bond donors (Lipinski definition) is 1. The third kappa shape index (κ3) is 3.04. The van der Waals surface area contributed by atoms with Gasteiger partial charge in [0.1, 0.15) is 0 Å². The molecule has 2 aromatic rings. The molecule has 7 heteroatoms. The fraction of sp³-hybridized carbons (Fsp3) is 0.400. The lowest BCUT2D eigenvalue weighted by molar-refractivity contribution is 0.249. The Morgan fingerprint density at radius 3 is 2.41 bits per heavy atom. The van der Waals surface area contributed by atoms with Crippen molar-refractivity contribution in [3.63, 3.8) is 0 Å². The van der Waals surface area contributed by atoms with E-state index in [1.165, 1.54) is 8.52 Å². The maximum atomic E-state index is 12.5. The van der Waals surface area contributed by atoms with Crippen molar-refractivity contribution < 1.29 is 4.79 Å². The van der Waals surface area contributed by atoms with Gasteiger partial charge in [-0.05, 0) is 50.4 Å². The fourth-order valence-electron chi connectivity index (χ4n) is 2.49. The van der Waals surface area contributed by atoms with Crippen LogP contribution in [-0.4, -0.2) is 21.1 Å². The van der Waals surface area contributed by atoms with Crippen molar-refractivity contribution in [2.75, 3.05) is 6.54 Å². The number of benzene rings is 1. The molecule has 0 saturated carbocycles. The van der Waals surface area contributed by atoms with Crippen molar-refractivity contribution in [3.8, 4) is 5.69 Å². The Morgan fingerprint density at radius 2 is 1.86 bits per heavy atom. The fourth-order valence-corrected chi connectivity index (χ4v) is 3.27. The summed E-state index contributed by atoms with van der Waals surface area (Å²) in [5.41, 5.74) is 3.67. The van der Waals surface area contributed by atoms with E-state index in [0.717, 1.165) is 33.9 Å². The molecule has 1 aromatic heterocycles. The highest BCUT2D eigenvalue weighted by Gasteiger charge is 2.14. The first kappa shape index (κ1) is 16.2. The Kier molecular flexibility index (Phi) is 4.65. The van der Waals surface area contributed by atoms with Gasteiger partial charge in [-0.3, -0.25) is 0 Å². The number of rotatable bonds is 2. The van der Waals surface area contributed by atoms with E-state index in [0.29, 0.717) is 11.3 Å². The van der Waals surface area contributed by atoms with Gasteiger partial charge >= 0.3 is 11.7 Å². The zero-order valence-corrected chi connectivity index (χ0v) is 14.2. The Hall–Kier alpha value is -2.15. The van der Waals surface area contributed by atoms with Crippen LogP contribution in [0.4, 0.5) is 4.79 Å². The summed E-state index contributed by atoms with van der Waals surface area (Å²) in [6, 6.07) is 3.59. The summed E-state index contributed by atoms with van der Waals surface area (Å²) in [6.45, 7) is 8.24. The first-order valence-corrected chi connectivity index (χ1v) is 7.82. The molecule has 1 heterocycles. The van der Waals surface area contributed by atoms with Crippen molar-refractivity contribution in [2.45, 2.75) is 27.7 Å². The molecule has 0 radical (unpaired) electrons. The molecule has 0 aliphatic carbocycles. The summed E-state index contributed by atoms with van der Waals surface area (Å²) in [5.74, 6) is 0. The molecular weight excluding hydrogens is 300 g/mol. The Labute approximate surface area is 132 Å². The SMILES string of the molecule is CCNC(=O)/N=c1\sn(C)c(=O)n1-c1c(C)cc(C)cc1C. The number of nitrogens with zero attached hydrogens (tertiary/aromatic N) is 3. The van der Waals surface area contributed by atoms with Crippen molar-refractivity contribution in [1.82, 2.24) is 13.8 Å². The second-order valence-electron chi connectivity index (χ2n) is 5.18. The molecule has 0 bridgehead atoms. The highest BCUT2D eigenvalue weighted by Crippen LogP contribution is 2.18. The standard InChI is InChI=1S/C15H20N4O2S/c1-6-16-13(20)17-14-19(15(21)18(5)22-14)12-10(3)7-9(2)8-11(12)4/h7-8H,6H2,1-5H3,(H,16,20)/b17-14-. The first-order valence-electron chi connectivity index (χ1n) is 7.05. The van der Waals surface area contributed by atoms with Crippen LogP contribution in [-0.2, 0) is 7.05 Å². The van der Waals surface area contributed by atoms with Crippen molar-refractivity contribution in [3.05, 3.63) is 44.1 Å². The number of carbonyl (C=O) groups is 1. The van der Waals surface area contributed by atoms with E-state index in [4.69, 9.17) is 0 Å². The van der Waals surface area contributed by atoms with Crippen LogP contribution in [0.2, 0.25) is 0 Å². The number of aryl methyl sites for hydroxylation is 4. The van der Waals surface area contributed by atoms with Crippen LogP contribution in [0.5, 0.6) is 0 Å². The minimum absolute atomic E-state index is 0.205. The molecule has 0 saturated heterocycles. The van der Waals surface area contributed by atoms with E-state index < -0.39 is 6.03 Å². The maximum absolute atomic E-state index is 12.5. The number of amides is 2. The average molecular weight is 320 g/mol. The molecule has 118 valence electrons. The number of nitrogens with one attached hydrogen (secondary N) is 1. The molecule has 2 amide bonds. The van der Waals surface area contributed by atoms with Gasteiger partial charge in [-0.25, -0.2) is 18.1 Å². The lowest BCUT2D eigenvalue weighted by Gasteiger charge is -2.11. The molecule has 0 aliphatic heterocycles. The molecule has 1 N–H and O–H groups in total. The van der Waals surface area contributed by atoms with E-state index in [1.54, 1.807) is 7.05 Å². The van der Waals surface area contributed by atoms with Crippen LogP contribution in [0.15, 0.2) is 21.9 Å². The predicted octanol–water partition coefficient (Wildman–Crippen LogP) is 1.79. The van der Waals surface area contributed by atoms with Crippen LogP contribution in [0.3, 0.4) is 0 Å². The van der Waals surface area contributed by atoms with Gasteiger partial charge in [0.15, 0.2) is 0 Å². The third-order valence-electron chi connectivity index (χ3n) is 3.25. The van der Waals surface area contributed by atoms with E-state index in [1.807, 2.05) is 39.8 Å². The molecule has 0 spiro atoms. The van der Waals surface area contributed by atoms with E-state index in [9.17, 15) is 9.59 Å². The van der Waals surface area contributed by atoms with Gasteiger partial charge in [0.2, 0.25) is 4.80 Å². The number of aromatic nitrogens is 2. The minimum Gasteiger partial charge on any atom is -0.336 e. The largest absolute Gasteiger partial charge is 0.344 e. The Morgan fingerprint density at radius 1 is 1.27 bits per heavy atom. The predicted molar refractivity (Wildman–Crippen MR) is 87.7 cm³/mol. The minimum atomic E-state index is -0.444. The summed E-state index contributed by atoms with van der Waals surface area (Å²) in [4.78, 5) is 28.6. The van der Waals surface area contributed by atoms with Crippen LogP contribution in [0.1, 0.15) is 23.6 Å².